The van der Waals surface area contributed by atoms with E-state index in [1.165, 1.54) is 0 Å². The summed E-state index contributed by atoms with van der Waals surface area (Å²) in [6.07, 6.45) is 4.83. The third-order valence-corrected chi connectivity index (χ3v) is 4.44. The molecule has 3 rings (SSSR count). The summed E-state index contributed by atoms with van der Waals surface area (Å²) in [6, 6.07) is 3.56. The van der Waals surface area contributed by atoms with Gasteiger partial charge in [0, 0.05) is 18.0 Å². The fraction of sp³-hybridized carbons (Fsp3) is 0.647. The Morgan fingerprint density at radius 1 is 1.35 bits per heavy atom. The van der Waals surface area contributed by atoms with Crippen LogP contribution in [-0.4, -0.2) is 5.60 Å². The van der Waals surface area contributed by atoms with Crippen molar-refractivity contribution < 1.29 is 9.13 Å². The van der Waals surface area contributed by atoms with Crippen LogP contribution < -0.4 is 10.5 Å². The molecule has 110 valence electrons. The molecule has 0 radical (unpaired) electrons. The molecule has 1 fully saturated rings. The van der Waals surface area contributed by atoms with E-state index in [2.05, 4.69) is 20.8 Å². The molecule has 1 spiro atoms. The van der Waals surface area contributed by atoms with Crippen molar-refractivity contribution in [3.8, 4) is 5.75 Å². The predicted molar refractivity (Wildman–Crippen MR) is 78.3 cm³/mol. The second-order valence-electron chi connectivity index (χ2n) is 7.68. The lowest BCUT2D eigenvalue weighted by Gasteiger charge is -2.47. The normalized spacial score (nSPS) is 23.9. The lowest BCUT2D eigenvalue weighted by molar-refractivity contribution is -0.0360. The second-order valence-corrected chi connectivity index (χ2v) is 7.68. The fourth-order valence-corrected chi connectivity index (χ4v) is 3.42. The molecule has 1 aliphatic heterocycles. The van der Waals surface area contributed by atoms with Gasteiger partial charge in [-0.3, -0.25) is 0 Å². The van der Waals surface area contributed by atoms with Crippen molar-refractivity contribution in [2.24, 2.45) is 11.1 Å². The number of benzene rings is 1. The summed E-state index contributed by atoms with van der Waals surface area (Å²) in [7, 11) is 0. The van der Waals surface area contributed by atoms with Crippen molar-refractivity contribution in [3.05, 3.63) is 29.1 Å². The summed E-state index contributed by atoms with van der Waals surface area (Å²) in [5.74, 6) is 0.157. The van der Waals surface area contributed by atoms with Crippen LogP contribution in [0.15, 0.2) is 12.1 Å². The van der Waals surface area contributed by atoms with E-state index in [1.807, 2.05) is 6.07 Å². The van der Waals surface area contributed by atoms with E-state index in [4.69, 9.17) is 10.5 Å². The van der Waals surface area contributed by atoms with Crippen molar-refractivity contribution in [1.82, 2.24) is 0 Å². The molecule has 0 bridgehead atoms. The maximum Gasteiger partial charge on any atom is 0.165 e. The third-order valence-electron chi connectivity index (χ3n) is 4.44. The summed E-state index contributed by atoms with van der Waals surface area (Å²) in [6.45, 7) is 6.47. The molecule has 2 aliphatic rings. The topological polar surface area (TPSA) is 35.2 Å². The summed E-state index contributed by atoms with van der Waals surface area (Å²) in [4.78, 5) is 0. The maximum atomic E-state index is 14.4. The van der Waals surface area contributed by atoms with Gasteiger partial charge in [-0.1, -0.05) is 26.8 Å². The zero-order valence-electron chi connectivity index (χ0n) is 12.6. The largest absolute Gasteiger partial charge is 0.484 e. The molecule has 20 heavy (non-hydrogen) atoms. The highest BCUT2D eigenvalue weighted by molar-refractivity contribution is 5.43. The summed E-state index contributed by atoms with van der Waals surface area (Å²) in [5, 5.41) is 0. The van der Waals surface area contributed by atoms with Gasteiger partial charge >= 0.3 is 0 Å². The number of hydrogen-bond acceptors (Lipinski definition) is 2. The molecule has 1 atom stereocenters. The number of rotatable bonds is 1. The summed E-state index contributed by atoms with van der Waals surface area (Å²) in [5.41, 5.74) is 8.10. The maximum absolute atomic E-state index is 14.4. The van der Waals surface area contributed by atoms with Crippen LogP contribution in [0, 0.1) is 11.2 Å². The van der Waals surface area contributed by atoms with Gasteiger partial charge in [-0.15, -0.1) is 0 Å². The van der Waals surface area contributed by atoms with E-state index in [0.29, 0.717) is 5.75 Å². The van der Waals surface area contributed by atoms with Crippen LogP contribution in [0.25, 0.3) is 0 Å². The fourth-order valence-electron chi connectivity index (χ4n) is 3.42. The van der Waals surface area contributed by atoms with Gasteiger partial charge in [0.05, 0.1) is 0 Å². The van der Waals surface area contributed by atoms with Gasteiger partial charge in [0.2, 0.25) is 0 Å². The van der Waals surface area contributed by atoms with Crippen molar-refractivity contribution >= 4 is 0 Å². The smallest absolute Gasteiger partial charge is 0.165 e. The summed E-state index contributed by atoms with van der Waals surface area (Å²) < 4.78 is 20.4. The number of halogens is 1. The lowest BCUT2D eigenvalue weighted by Crippen LogP contribution is -2.48. The molecular formula is C17H24FNO. The highest BCUT2D eigenvalue weighted by Crippen LogP contribution is 2.49. The van der Waals surface area contributed by atoms with Gasteiger partial charge in [-0.05, 0) is 42.7 Å². The molecule has 0 amide bonds. The van der Waals surface area contributed by atoms with E-state index in [-0.39, 0.29) is 22.9 Å². The molecule has 0 aromatic heterocycles. The van der Waals surface area contributed by atoms with E-state index >= 15 is 0 Å². The van der Waals surface area contributed by atoms with Crippen LogP contribution in [0.1, 0.15) is 63.6 Å². The predicted octanol–water partition coefficient (Wildman–Crippen LogP) is 4.12. The number of ether oxygens (including phenoxy) is 1. The molecule has 1 aromatic carbocycles. The van der Waals surface area contributed by atoms with Crippen LogP contribution in [0.3, 0.4) is 0 Å². The second kappa shape index (κ2) is 4.45. The van der Waals surface area contributed by atoms with Crippen molar-refractivity contribution in [1.29, 1.82) is 0 Å². The van der Waals surface area contributed by atoms with Gasteiger partial charge < -0.3 is 10.5 Å². The Labute approximate surface area is 120 Å². The van der Waals surface area contributed by atoms with Crippen LogP contribution in [0.4, 0.5) is 4.39 Å². The minimum Gasteiger partial charge on any atom is -0.484 e. The van der Waals surface area contributed by atoms with Crippen LogP contribution in [0.5, 0.6) is 5.75 Å². The van der Waals surface area contributed by atoms with Gasteiger partial charge in [-0.2, -0.15) is 0 Å². The number of nitrogens with two attached hydrogens (primary N) is 1. The Bertz CT molecular complexity index is 529. The quantitative estimate of drug-likeness (QED) is 0.838. The van der Waals surface area contributed by atoms with Crippen molar-refractivity contribution in [3.63, 3.8) is 0 Å². The molecule has 1 aliphatic carbocycles. The Hall–Kier alpha value is -1.09. The Balaban J connectivity index is 1.96. The average Bonchev–Trinajstić information content (AvgIpc) is 2.26. The molecule has 0 unspecified atom stereocenters. The first-order chi connectivity index (χ1) is 9.28. The molecule has 1 heterocycles. The highest BCUT2D eigenvalue weighted by Gasteiger charge is 2.45. The number of fused-ring (bicyclic) bond motifs is 1. The zero-order valence-corrected chi connectivity index (χ0v) is 12.6. The summed E-state index contributed by atoms with van der Waals surface area (Å²) >= 11 is 0. The van der Waals surface area contributed by atoms with E-state index in [1.54, 1.807) is 6.07 Å². The molecular weight excluding hydrogens is 253 g/mol. The van der Waals surface area contributed by atoms with Gasteiger partial charge in [0.15, 0.2) is 11.6 Å². The van der Waals surface area contributed by atoms with Gasteiger partial charge in [-0.25, -0.2) is 4.39 Å². The van der Waals surface area contributed by atoms with Crippen molar-refractivity contribution in [2.45, 2.75) is 64.5 Å². The molecule has 2 N–H and O–H groups in total. The van der Waals surface area contributed by atoms with Gasteiger partial charge in [0.1, 0.15) is 5.60 Å². The zero-order chi connectivity index (χ0) is 14.5. The van der Waals surface area contributed by atoms with Gasteiger partial charge in [0.25, 0.3) is 0 Å². The molecule has 0 saturated heterocycles. The van der Waals surface area contributed by atoms with E-state index < -0.39 is 0 Å². The Morgan fingerprint density at radius 2 is 2.05 bits per heavy atom. The van der Waals surface area contributed by atoms with Crippen LogP contribution in [-0.2, 0) is 6.42 Å². The monoisotopic (exact) mass is 277 g/mol. The minimum atomic E-state index is -0.247. The molecule has 3 heteroatoms. The average molecular weight is 277 g/mol. The first-order valence-electron chi connectivity index (χ1n) is 7.55. The molecule has 2 nitrogen and oxygen atoms in total. The highest BCUT2D eigenvalue weighted by atomic mass is 19.1. The SMILES string of the molecule is CC(C)(C)Cc1cc(F)c2c(c1)[C@@H](N)CC1(CCC1)O2. The first kappa shape index (κ1) is 13.9. The first-order valence-corrected chi connectivity index (χ1v) is 7.55. The Morgan fingerprint density at radius 3 is 2.60 bits per heavy atom. The minimum absolute atomic E-state index is 0.103. The molecule has 1 saturated carbocycles. The number of hydrogen-bond donors (Lipinski definition) is 1. The van der Waals surface area contributed by atoms with Crippen LogP contribution in [0.2, 0.25) is 0 Å². The van der Waals surface area contributed by atoms with Crippen molar-refractivity contribution in [2.75, 3.05) is 0 Å². The lowest BCUT2D eigenvalue weighted by atomic mass is 9.73. The molecule has 1 aromatic rings. The Kier molecular flexibility index (Phi) is 3.09. The standard InChI is InChI=1S/C17H24FNO/c1-16(2,3)9-11-7-12-14(19)10-17(5-4-6-17)20-15(12)13(18)8-11/h7-8,14H,4-6,9-10,19H2,1-3H3/t14-/m0/s1. The van der Waals surface area contributed by atoms with E-state index in [0.717, 1.165) is 43.2 Å². The van der Waals surface area contributed by atoms with Crippen LogP contribution >= 0.6 is 0 Å². The van der Waals surface area contributed by atoms with E-state index in [9.17, 15) is 4.39 Å². The third kappa shape index (κ3) is 2.44.